The molecule has 0 amide bonds. The monoisotopic (exact) mass is 230 g/mol. The van der Waals surface area contributed by atoms with Crippen LogP contribution in [0.25, 0.3) is 0 Å². The molecule has 1 aromatic rings. The summed E-state index contributed by atoms with van der Waals surface area (Å²) in [4.78, 5) is 0. The first-order chi connectivity index (χ1) is 8.04. The second-order valence-corrected chi connectivity index (χ2v) is 6.44. The molecule has 1 aliphatic rings. The van der Waals surface area contributed by atoms with E-state index in [2.05, 4.69) is 52.0 Å². The fourth-order valence-corrected chi connectivity index (χ4v) is 2.83. The number of hydrogen-bond acceptors (Lipinski definition) is 0. The highest BCUT2D eigenvalue weighted by molar-refractivity contribution is 5.35. The molecule has 0 aliphatic heterocycles. The van der Waals surface area contributed by atoms with Gasteiger partial charge in [-0.05, 0) is 54.1 Å². The van der Waals surface area contributed by atoms with Crippen molar-refractivity contribution < 1.29 is 0 Å². The topological polar surface area (TPSA) is 0 Å². The highest BCUT2D eigenvalue weighted by Crippen LogP contribution is 2.53. The van der Waals surface area contributed by atoms with Crippen LogP contribution >= 0.6 is 0 Å². The molecule has 0 atom stereocenters. The third kappa shape index (κ3) is 2.73. The molecule has 94 valence electrons. The molecule has 0 radical (unpaired) electrons. The van der Waals surface area contributed by atoms with Crippen LogP contribution in [0.3, 0.4) is 0 Å². The molecule has 0 saturated heterocycles. The Morgan fingerprint density at radius 2 is 1.82 bits per heavy atom. The van der Waals surface area contributed by atoms with Crippen molar-refractivity contribution in [2.24, 2.45) is 11.8 Å². The Balaban J connectivity index is 2.12. The fraction of sp³-hybridized carbons (Fsp3) is 0.647. The Morgan fingerprint density at radius 1 is 1.12 bits per heavy atom. The van der Waals surface area contributed by atoms with E-state index in [0.29, 0.717) is 5.41 Å². The maximum Gasteiger partial charge on any atom is -0.00233 e. The van der Waals surface area contributed by atoms with Gasteiger partial charge in [-0.2, -0.15) is 0 Å². The summed E-state index contributed by atoms with van der Waals surface area (Å²) < 4.78 is 0. The van der Waals surface area contributed by atoms with Crippen LogP contribution < -0.4 is 0 Å². The summed E-state index contributed by atoms with van der Waals surface area (Å²) in [6.07, 6.45) is 5.31. The van der Waals surface area contributed by atoms with Gasteiger partial charge < -0.3 is 0 Å². The molecule has 1 saturated carbocycles. The lowest BCUT2D eigenvalue weighted by Gasteiger charge is -2.21. The third-order valence-corrected chi connectivity index (χ3v) is 4.41. The quantitative estimate of drug-likeness (QED) is 0.670. The normalized spacial score (nSPS) is 17.8. The van der Waals surface area contributed by atoms with Crippen LogP contribution in [0.15, 0.2) is 24.3 Å². The summed E-state index contributed by atoms with van der Waals surface area (Å²) in [7, 11) is 0. The van der Waals surface area contributed by atoms with Crippen LogP contribution in [-0.4, -0.2) is 0 Å². The minimum Gasteiger partial charge on any atom is -0.0628 e. The molecule has 1 fully saturated rings. The van der Waals surface area contributed by atoms with E-state index in [1.807, 2.05) is 0 Å². The average molecular weight is 230 g/mol. The highest BCUT2D eigenvalue weighted by Gasteiger charge is 2.46. The molecule has 1 aromatic carbocycles. The second kappa shape index (κ2) is 4.84. The van der Waals surface area contributed by atoms with Gasteiger partial charge in [-0.25, -0.2) is 0 Å². The summed E-state index contributed by atoms with van der Waals surface area (Å²) in [6.45, 7) is 9.35. The van der Waals surface area contributed by atoms with Gasteiger partial charge in [0.05, 0.1) is 0 Å². The predicted molar refractivity (Wildman–Crippen MR) is 75.4 cm³/mol. The zero-order valence-corrected chi connectivity index (χ0v) is 11.8. The van der Waals surface area contributed by atoms with E-state index in [0.717, 1.165) is 11.8 Å². The molecule has 2 rings (SSSR count). The first-order valence-electron chi connectivity index (χ1n) is 7.14. The van der Waals surface area contributed by atoms with Gasteiger partial charge in [0.15, 0.2) is 0 Å². The molecule has 17 heavy (non-hydrogen) atoms. The molecule has 0 nitrogen and oxygen atoms in total. The third-order valence-electron chi connectivity index (χ3n) is 4.41. The van der Waals surface area contributed by atoms with Crippen LogP contribution in [0.1, 0.15) is 58.1 Å². The molecular weight excluding hydrogens is 204 g/mol. The van der Waals surface area contributed by atoms with Crippen molar-refractivity contribution in [2.45, 2.75) is 58.8 Å². The molecular formula is C17H26. The van der Waals surface area contributed by atoms with E-state index in [-0.39, 0.29) is 0 Å². The van der Waals surface area contributed by atoms with E-state index < -0.39 is 0 Å². The average Bonchev–Trinajstić information content (AvgIpc) is 3.08. The number of hydrogen-bond donors (Lipinski definition) is 0. The maximum atomic E-state index is 2.47. The minimum absolute atomic E-state index is 0.522. The Morgan fingerprint density at radius 3 is 2.35 bits per heavy atom. The van der Waals surface area contributed by atoms with Gasteiger partial charge in [0.25, 0.3) is 0 Å². The van der Waals surface area contributed by atoms with Gasteiger partial charge in [0, 0.05) is 0 Å². The molecule has 0 aromatic heterocycles. The van der Waals surface area contributed by atoms with E-state index in [1.54, 1.807) is 5.56 Å². The van der Waals surface area contributed by atoms with Crippen molar-refractivity contribution in [2.75, 3.05) is 0 Å². The number of aryl methyl sites for hydroxylation is 1. The molecule has 0 N–H and O–H groups in total. The Kier molecular flexibility index (Phi) is 3.61. The van der Waals surface area contributed by atoms with E-state index in [1.165, 1.54) is 31.2 Å². The lowest BCUT2D eigenvalue weighted by atomic mass is 9.84. The Labute approximate surface area is 106 Å². The largest absolute Gasteiger partial charge is 0.0628 e. The lowest BCUT2D eigenvalue weighted by Crippen LogP contribution is -2.14. The van der Waals surface area contributed by atoms with Crippen molar-refractivity contribution in [1.82, 2.24) is 0 Å². The van der Waals surface area contributed by atoms with Crippen molar-refractivity contribution in [1.29, 1.82) is 0 Å². The summed E-state index contributed by atoms with van der Waals surface area (Å²) >= 11 is 0. The maximum absolute atomic E-state index is 2.47. The zero-order valence-electron chi connectivity index (χ0n) is 11.8. The summed E-state index contributed by atoms with van der Waals surface area (Å²) in [5, 5.41) is 0. The number of rotatable bonds is 5. The van der Waals surface area contributed by atoms with Crippen LogP contribution in [0, 0.1) is 11.8 Å². The Hall–Kier alpha value is -0.780. The minimum atomic E-state index is 0.522. The zero-order chi connectivity index (χ0) is 12.5. The summed E-state index contributed by atoms with van der Waals surface area (Å²) in [5.74, 6) is 1.58. The lowest BCUT2D eigenvalue weighted by molar-refractivity contribution is 0.480. The van der Waals surface area contributed by atoms with Gasteiger partial charge in [-0.1, -0.05) is 52.0 Å². The highest BCUT2D eigenvalue weighted by atomic mass is 14.5. The van der Waals surface area contributed by atoms with Crippen LogP contribution in [0.4, 0.5) is 0 Å². The Bertz CT molecular complexity index is 369. The van der Waals surface area contributed by atoms with Gasteiger partial charge in [-0.15, -0.1) is 0 Å². The molecule has 0 heteroatoms. The van der Waals surface area contributed by atoms with E-state index in [4.69, 9.17) is 0 Å². The second-order valence-electron chi connectivity index (χ2n) is 6.44. The first kappa shape index (κ1) is 12.7. The SMILES string of the molecule is CC(C)CCc1cccc(C2(C(C)C)CC2)c1. The van der Waals surface area contributed by atoms with Crippen molar-refractivity contribution in [3.8, 4) is 0 Å². The van der Waals surface area contributed by atoms with Crippen LogP contribution in [-0.2, 0) is 11.8 Å². The molecule has 0 bridgehead atoms. The summed E-state index contributed by atoms with van der Waals surface area (Å²) in [6, 6.07) is 9.36. The van der Waals surface area contributed by atoms with E-state index >= 15 is 0 Å². The molecule has 0 spiro atoms. The standard InChI is InChI=1S/C17H26/c1-13(2)8-9-15-6-5-7-16(12-15)17(10-11-17)14(3)4/h5-7,12-14H,8-11H2,1-4H3. The number of benzene rings is 1. The molecule has 0 heterocycles. The van der Waals surface area contributed by atoms with Gasteiger partial charge in [0.2, 0.25) is 0 Å². The molecule has 1 aliphatic carbocycles. The predicted octanol–water partition coefficient (Wildman–Crippen LogP) is 4.96. The van der Waals surface area contributed by atoms with Crippen LogP contribution in [0.5, 0.6) is 0 Å². The van der Waals surface area contributed by atoms with Gasteiger partial charge in [0.1, 0.15) is 0 Å². The fourth-order valence-electron chi connectivity index (χ4n) is 2.83. The molecule has 0 unspecified atom stereocenters. The van der Waals surface area contributed by atoms with Gasteiger partial charge in [-0.3, -0.25) is 0 Å². The van der Waals surface area contributed by atoms with Crippen LogP contribution in [0.2, 0.25) is 0 Å². The van der Waals surface area contributed by atoms with Gasteiger partial charge >= 0.3 is 0 Å². The smallest absolute Gasteiger partial charge is 0.00233 e. The van der Waals surface area contributed by atoms with Crippen molar-refractivity contribution in [3.63, 3.8) is 0 Å². The van der Waals surface area contributed by atoms with Crippen molar-refractivity contribution >= 4 is 0 Å². The van der Waals surface area contributed by atoms with E-state index in [9.17, 15) is 0 Å². The van der Waals surface area contributed by atoms with Crippen molar-refractivity contribution in [3.05, 3.63) is 35.4 Å². The summed E-state index contributed by atoms with van der Waals surface area (Å²) in [5.41, 5.74) is 3.64. The first-order valence-corrected chi connectivity index (χ1v) is 7.14.